The summed E-state index contributed by atoms with van der Waals surface area (Å²) in [5.74, 6) is -0.244. The second-order valence-electron chi connectivity index (χ2n) is 9.48. The maximum Gasteiger partial charge on any atom is 0.332 e. The van der Waals surface area contributed by atoms with Crippen LogP contribution in [-0.4, -0.2) is 47.6 Å². The highest BCUT2D eigenvalue weighted by molar-refractivity contribution is 5.87. The summed E-state index contributed by atoms with van der Waals surface area (Å²) in [6.45, 7) is 5.69. The molecule has 31 heavy (non-hydrogen) atoms. The summed E-state index contributed by atoms with van der Waals surface area (Å²) in [6.07, 6.45) is 4.63. The first-order chi connectivity index (χ1) is 14.9. The number of aliphatic hydroxyl groups excluding tert-OH is 1. The van der Waals surface area contributed by atoms with Gasteiger partial charge in [0.05, 0.1) is 6.10 Å². The van der Waals surface area contributed by atoms with Crippen molar-refractivity contribution in [3.05, 3.63) is 42.0 Å². The first-order valence-electron chi connectivity index (χ1n) is 11.3. The van der Waals surface area contributed by atoms with Crippen LogP contribution in [-0.2, 0) is 23.8 Å². The number of esters is 2. The molecule has 4 rings (SSSR count). The van der Waals surface area contributed by atoms with E-state index in [0.29, 0.717) is 12.3 Å². The normalized spacial score (nSPS) is 36.5. The third kappa shape index (κ3) is 4.03. The van der Waals surface area contributed by atoms with Gasteiger partial charge in [-0.15, -0.1) is 0 Å². The van der Waals surface area contributed by atoms with Gasteiger partial charge in [0.15, 0.2) is 0 Å². The highest BCUT2D eigenvalue weighted by Crippen LogP contribution is 2.58. The number of carbonyl (C=O) groups is 2. The second kappa shape index (κ2) is 8.75. The van der Waals surface area contributed by atoms with E-state index >= 15 is 0 Å². The van der Waals surface area contributed by atoms with Gasteiger partial charge in [0.1, 0.15) is 24.4 Å². The first kappa shape index (κ1) is 22.0. The molecule has 1 aliphatic carbocycles. The van der Waals surface area contributed by atoms with Crippen molar-refractivity contribution in [2.45, 2.75) is 63.9 Å². The Balaban J connectivity index is 1.61. The van der Waals surface area contributed by atoms with Crippen LogP contribution in [0.1, 0.15) is 45.6 Å². The minimum atomic E-state index is -0.707. The average molecular weight is 429 g/mol. The zero-order valence-corrected chi connectivity index (χ0v) is 18.4. The number of benzene rings is 1. The van der Waals surface area contributed by atoms with Gasteiger partial charge in [-0.1, -0.05) is 51.1 Å². The first-order valence-corrected chi connectivity index (χ1v) is 11.3. The minimum Gasteiger partial charge on any atom is -0.458 e. The summed E-state index contributed by atoms with van der Waals surface area (Å²) in [4.78, 5) is 24.7. The highest BCUT2D eigenvalue weighted by Gasteiger charge is 2.67. The molecule has 0 radical (unpaired) electrons. The van der Waals surface area contributed by atoms with Gasteiger partial charge >= 0.3 is 11.9 Å². The third-order valence-electron chi connectivity index (χ3n) is 7.45. The molecule has 6 nitrogen and oxygen atoms in total. The maximum atomic E-state index is 12.8. The van der Waals surface area contributed by atoms with Gasteiger partial charge in [-0.3, -0.25) is 0 Å². The number of ether oxygens (including phenoxy) is 3. The van der Waals surface area contributed by atoms with Crippen molar-refractivity contribution in [1.82, 2.24) is 0 Å². The van der Waals surface area contributed by atoms with Crippen LogP contribution in [0, 0.1) is 23.7 Å². The van der Waals surface area contributed by atoms with Gasteiger partial charge in [-0.25, -0.2) is 9.59 Å². The topological polar surface area (TPSA) is 82.1 Å². The summed E-state index contributed by atoms with van der Waals surface area (Å²) < 4.78 is 18.3. The number of rotatable bonds is 6. The predicted molar refractivity (Wildman–Crippen MR) is 115 cm³/mol. The lowest BCUT2D eigenvalue weighted by Gasteiger charge is -2.49. The molecule has 1 aromatic rings. The van der Waals surface area contributed by atoms with E-state index in [1.54, 1.807) is 6.08 Å². The Morgan fingerprint density at radius 3 is 2.65 bits per heavy atom. The number of carbonyl (C=O) groups excluding carboxylic acids is 2. The molecule has 0 amide bonds. The Hall–Kier alpha value is -2.18. The van der Waals surface area contributed by atoms with Crippen LogP contribution in [0.2, 0.25) is 0 Å². The lowest BCUT2D eigenvalue weighted by atomic mass is 9.72. The molecule has 7 atom stereocenters. The van der Waals surface area contributed by atoms with Gasteiger partial charge in [0.2, 0.25) is 0 Å². The molecule has 2 saturated heterocycles. The Labute approximate surface area is 183 Å². The van der Waals surface area contributed by atoms with Crippen LogP contribution in [0.3, 0.4) is 0 Å². The minimum absolute atomic E-state index is 0.0671. The van der Waals surface area contributed by atoms with Crippen LogP contribution < -0.4 is 0 Å². The molecule has 2 bridgehead atoms. The van der Waals surface area contributed by atoms with Crippen LogP contribution in [0.15, 0.2) is 36.4 Å². The largest absolute Gasteiger partial charge is 0.458 e. The Kier molecular flexibility index (Phi) is 6.22. The Morgan fingerprint density at radius 1 is 1.23 bits per heavy atom. The summed E-state index contributed by atoms with van der Waals surface area (Å²) in [7, 11) is 0. The molecule has 1 aromatic carbocycles. The van der Waals surface area contributed by atoms with Crippen LogP contribution >= 0.6 is 0 Å². The summed E-state index contributed by atoms with van der Waals surface area (Å²) in [5.41, 5.74) is 0.225. The number of aliphatic hydroxyl groups is 1. The molecule has 168 valence electrons. The fraction of sp³-hybridized carbons (Fsp3) is 0.600. The molecule has 0 spiro atoms. The van der Waals surface area contributed by atoms with E-state index in [9.17, 15) is 14.7 Å². The summed E-state index contributed by atoms with van der Waals surface area (Å²) in [5, 5.41) is 9.17. The molecule has 0 unspecified atom stereocenters. The Morgan fingerprint density at radius 2 is 1.97 bits per heavy atom. The molecule has 6 heteroatoms. The van der Waals surface area contributed by atoms with Crippen LogP contribution in [0.25, 0.3) is 6.08 Å². The quantitative estimate of drug-likeness (QED) is 0.553. The van der Waals surface area contributed by atoms with Crippen LogP contribution in [0.4, 0.5) is 0 Å². The number of hydrogen-bond donors (Lipinski definition) is 1. The third-order valence-corrected chi connectivity index (χ3v) is 7.45. The van der Waals surface area contributed by atoms with E-state index in [1.165, 1.54) is 6.08 Å². The zero-order chi connectivity index (χ0) is 22.2. The van der Waals surface area contributed by atoms with Crippen molar-refractivity contribution in [2.75, 3.05) is 6.61 Å². The molecule has 1 N–H and O–H groups in total. The van der Waals surface area contributed by atoms with Gasteiger partial charge < -0.3 is 19.3 Å². The number of hydrogen-bond acceptors (Lipinski definition) is 6. The van der Waals surface area contributed by atoms with Crippen molar-refractivity contribution >= 4 is 18.0 Å². The molecule has 3 aliphatic rings. The standard InChI is InChI=1S/C25H32O6/c1-15(2)25-13-19(29-21(28)14-26)23(31-25)18-11-9-16(3)22(18)24(25)30-20(27)12-10-17-7-5-4-6-8-17/h4-8,10,12,15-16,18-19,22-24,26H,9,11,13-14H2,1-3H3/b12-10+/t16-,18-,19-,22-,23+,24+,25-/m1/s1. The average Bonchev–Trinajstić information content (AvgIpc) is 3.30. The predicted octanol–water partition coefficient (Wildman–Crippen LogP) is 3.38. The maximum absolute atomic E-state index is 12.8. The summed E-state index contributed by atoms with van der Waals surface area (Å²) >= 11 is 0. The van der Waals surface area contributed by atoms with Crippen LogP contribution in [0.5, 0.6) is 0 Å². The molecule has 2 aliphatic heterocycles. The van der Waals surface area contributed by atoms with Crippen molar-refractivity contribution in [3.63, 3.8) is 0 Å². The second-order valence-corrected chi connectivity index (χ2v) is 9.48. The van der Waals surface area contributed by atoms with Crippen molar-refractivity contribution in [3.8, 4) is 0 Å². The van der Waals surface area contributed by atoms with Gasteiger partial charge in [-0.2, -0.15) is 0 Å². The van der Waals surface area contributed by atoms with E-state index in [2.05, 4.69) is 20.8 Å². The fourth-order valence-electron chi connectivity index (χ4n) is 5.93. The fourth-order valence-corrected chi connectivity index (χ4v) is 5.93. The van der Waals surface area contributed by atoms with Gasteiger partial charge in [-0.05, 0) is 42.2 Å². The van der Waals surface area contributed by atoms with Crippen molar-refractivity contribution < 1.29 is 28.9 Å². The molecule has 0 aromatic heterocycles. The van der Waals surface area contributed by atoms with Crippen molar-refractivity contribution in [1.29, 1.82) is 0 Å². The molecular weight excluding hydrogens is 396 g/mol. The smallest absolute Gasteiger partial charge is 0.332 e. The number of fused-ring (bicyclic) bond motifs is 4. The van der Waals surface area contributed by atoms with E-state index in [4.69, 9.17) is 14.2 Å². The zero-order valence-electron chi connectivity index (χ0n) is 18.4. The van der Waals surface area contributed by atoms with Crippen molar-refractivity contribution in [2.24, 2.45) is 23.7 Å². The molecule has 3 fully saturated rings. The lowest BCUT2D eigenvalue weighted by Crippen LogP contribution is -2.58. The van der Waals surface area contributed by atoms with E-state index < -0.39 is 30.4 Å². The van der Waals surface area contributed by atoms with E-state index in [0.717, 1.165) is 18.4 Å². The van der Waals surface area contributed by atoms with Gasteiger partial charge in [0.25, 0.3) is 0 Å². The molecule has 2 heterocycles. The lowest BCUT2D eigenvalue weighted by molar-refractivity contribution is -0.232. The SMILES string of the molecule is CC(C)[C@@]12C[C@@H](OC(=O)CO)[C@@H](O1)[C@@H]1CC[C@@H](C)[C@H]1[C@@H]2OC(=O)/C=C/c1ccccc1. The van der Waals surface area contributed by atoms with Gasteiger partial charge in [0, 0.05) is 18.4 Å². The molecular formula is C25H32O6. The highest BCUT2D eigenvalue weighted by atomic mass is 16.6. The monoisotopic (exact) mass is 428 g/mol. The molecule has 1 saturated carbocycles. The van der Waals surface area contributed by atoms with E-state index in [1.807, 2.05) is 30.3 Å². The summed E-state index contributed by atoms with van der Waals surface area (Å²) in [6, 6.07) is 9.63. The Bertz CT molecular complexity index is 834. The van der Waals surface area contributed by atoms with E-state index in [-0.39, 0.29) is 29.8 Å².